The molecule has 142 valence electrons. The molecule has 1 aromatic carbocycles. The van der Waals surface area contributed by atoms with Crippen LogP contribution < -0.4 is 16.0 Å². The van der Waals surface area contributed by atoms with Gasteiger partial charge in [0.05, 0.1) is 26.3 Å². The van der Waals surface area contributed by atoms with Crippen molar-refractivity contribution in [3.05, 3.63) is 79.4 Å². The molecule has 0 aliphatic rings. The van der Waals surface area contributed by atoms with E-state index in [1.807, 2.05) is 6.07 Å². The summed E-state index contributed by atoms with van der Waals surface area (Å²) in [6.07, 6.45) is 1.15. The maximum atomic E-state index is 13.0. The van der Waals surface area contributed by atoms with Crippen LogP contribution in [-0.4, -0.2) is 29.3 Å². The summed E-state index contributed by atoms with van der Waals surface area (Å²) < 4.78 is 11.9. The second-order valence-electron chi connectivity index (χ2n) is 5.68. The van der Waals surface area contributed by atoms with Crippen LogP contribution in [0.5, 0.6) is 5.75 Å². The van der Waals surface area contributed by atoms with Gasteiger partial charge in [-0.3, -0.25) is 13.9 Å². The van der Waals surface area contributed by atoms with Gasteiger partial charge in [-0.25, -0.2) is 9.59 Å². The van der Waals surface area contributed by atoms with Gasteiger partial charge in [0.2, 0.25) is 0 Å². The highest BCUT2D eigenvalue weighted by Crippen LogP contribution is 2.21. The van der Waals surface area contributed by atoms with Crippen molar-refractivity contribution >= 4 is 17.3 Å². The lowest BCUT2D eigenvalue weighted by atomic mass is 10.2. The molecular formula is C19H15N3O5S. The van der Waals surface area contributed by atoms with E-state index in [9.17, 15) is 19.6 Å². The lowest BCUT2D eigenvalue weighted by molar-refractivity contribution is 0.0601. The first-order valence-electron chi connectivity index (χ1n) is 8.06. The molecule has 0 unspecified atom stereocenters. The zero-order chi connectivity index (χ0) is 20.3. The van der Waals surface area contributed by atoms with Crippen LogP contribution in [-0.2, 0) is 11.3 Å². The fraction of sp³-hybridized carbons (Fsp3) is 0.158. The van der Waals surface area contributed by atoms with E-state index in [4.69, 9.17) is 9.47 Å². The van der Waals surface area contributed by atoms with Gasteiger partial charge in [0.25, 0.3) is 5.56 Å². The van der Waals surface area contributed by atoms with Crippen LogP contribution in [0.4, 0.5) is 0 Å². The number of thiophene rings is 1. The molecule has 0 radical (unpaired) electrons. The molecular weight excluding hydrogens is 382 g/mol. The van der Waals surface area contributed by atoms with E-state index in [2.05, 4.69) is 0 Å². The van der Waals surface area contributed by atoms with E-state index >= 15 is 0 Å². The monoisotopic (exact) mass is 397 g/mol. The van der Waals surface area contributed by atoms with E-state index in [1.165, 1.54) is 20.3 Å². The third-order valence-corrected chi connectivity index (χ3v) is 4.97. The first kappa shape index (κ1) is 19.1. The number of esters is 1. The van der Waals surface area contributed by atoms with Crippen LogP contribution in [0.3, 0.4) is 0 Å². The maximum absolute atomic E-state index is 13.0. The van der Waals surface area contributed by atoms with Crippen LogP contribution in [0.15, 0.2) is 51.5 Å². The van der Waals surface area contributed by atoms with Crippen LogP contribution in [0.2, 0.25) is 0 Å². The number of rotatable bonds is 5. The summed E-state index contributed by atoms with van der Waals surface area (Å²) in [4.78, 5) is 37.5. The Morgan fingerprint density at radius 3 is 2.50 bits per heavy atom. The predicted octanol–water partition coefficient (Wildman–Crippen LogP) is 1.78. The Bertz CT molecular complexity index is 1180. The number of carbonyl (C=O) groups is 1. The number of nitrogens with zero attached hydrogens (tertiary/aromatic N) is 3. The van der Waals surface area contributed by atoms with Crippen LogP contribution in [0.1, 0.15) is 21.5 Å². The van der Waals surface area contributed by atoms with Crippen LogP contribution in [0, 0.1) is 11.3 Å². The van der Waals surface area contributed by atoms with E-state index in [-0.39, 0.29) is 22.7 Å². The molecule has 8 nitrogen and oxygen atoms in total. The SMILES string of the molecule is COC(=O)c1ccsc1-n1cc(C#N)c(=O)n(Cc2ccc(OC)cc2)c1=O. The highest BCUT2D eigenvalue weighted by molar-refractivity contribution is 7.13. The topological polar surface area (TPSA) is 103 Å². The van der Waals surface area contributed by atoms with E-state index in [0.717, 1.165) is 26.7 Å². The van der Waals surface area contributed by atoms with Gasteiger partial charge in [-0.2, -0.15) is 5.26 Å². The van der Waals surface area contributed by atoms with Crippen molar-refractivity contribution in [2.24, 2.45) is 0 Å². The van der Waals surface area contributed by atoms with Gasteiger partial charge in [0.15, 0.2) is 0 Å². The Morgan fingerprint density at radius 2 is 1.89 bits per heavy atom. The summed E-state index contributed by atoms with van der Waals surface area (Å²) in [5, 5.41) is 11.2. The first-order valence-corrected chi connectivity index (χ1v) is 8.93. The largest absolute Gasteiger partial charge is 0.497 e. The van der Waals surface area contributed by atoms with E-state index < -0.39 is 17.2 Å². The van der Waals surface area contributed by atoms with Crippen molar-refractivity contribution in [3.63, 3.8) is 0 Å². The predicted molar refractivity (Wildman–Crippen MR) is 102 cm³/mol. The Kier molecular flexibility index (Phi) is 5.42. The molecule has 9 heteroatoms. The molecule has 0 aliphatic carbocycles. The number of aromatic nitrogens is 2. The second-order valence-corrected chi connectivity index (χ2v) is 6.57. The van der Waals surface area contributed by atoms with Gasteiger partial charge in [-0.15, -0.1) is 11.3 Å². The Labute approximate surface area is 163 Å². The molecule has 3 rings (SSSR count). The summed E-state index contributed by atoms with van der Waals surface area (Å²) in [6, 6.07) is 10.2. The first-order chi connectivity index (χ1) is 13.5. The highest BCUT2D eigenvalue weighted by atomic mass is 32.1. The molecule has 28 heavy (non-hydrogen) atoms. The summed E-state index contributed by atoms with van der Waals surface area (Å²) >= 11 is 1.13. The maximum Gasteiger partial charge on any atom is 0.340 e. The van der Waals surface area contributed by atoms with Crippen molar-refractivity contribution in [1.82, 2.24) is 9.13 Å². The lowest BCUT2D eigenvalue weighted by Crippen LogP contribution is -2.40. The summed E-state index contributed by atoms with van der Waals surface area (Å²) in [5.74, 6) is 0.0233. The number of hydrogen-bond donors (Lipinski definition) is 0. The smallest absolute Gasteiger partial charge is 0.340 e. The molecule has 0 amide bonds. The average molecular weight is 397 g/mol. The zero-order valence-electron chi connectivity index (χ0n) is 15.0. The Morgan fingerprint density at radius 1 is 1.18 bits per heavy atom. The molecule has 0 N–H and O–H groups in total. The fourth-order valence-corrected chi connectivity index (χ4v) is 3.49. The van der Waals surface area contributed by atoms with E-state index in [0.29, 0.717) is 11.3 Å². The quantitative estimate of drug-likeness (QED) is 0.608. The Hall–Kier alpha value is -3.64. The standard InChI is InChI=1S/C19H15N3O5S/c1-26-14-5-3-12(4-6-14)10-21-16(23)13(9-20)11-22(19(21)25)17-15(7-8-28-17)18(24)27-2/h3-8,11H,10H2,1-2H3. The van der Waals surface area contributed by atoms with Gasteiger partial charge in [-0.05, 0) is 29.1 Å². The van der Waals surface area contributed by atoms with Crippen molar-refractivity contribution in [2.75, 3.05) is 14.2 Å². The summed E-state index contributed by atoms with van der Waals surface area (Å²) in [5.41, 5.74) is -0.713. The number of methoxy groups -OCH3 is 2. The molecule has 0 saturated heterocycles. The summed E-state index contributed by atoms with van der Waals surface area (Å²) in [7, 11) is 2.77. The van der Waals surface area contributed by atoms with Gasteiger partial charge in [-0.1, -0.05) is 12.1 Å². The molecule has 3 aromatic rings. The minimum Gasteiger partial charge on any atom is -0.497 e. The van der Waals surface area contributed by atoms with Crippen molar-refractivity contribution in [3.8, 4) is 16.8 Å². The molecule has 0 bridgehead atoms. The molecule has 0 saturated carbocycles. The molecule has 0 aliphatic heterocycles. The number of hydrogen-bond acceptors (Lipinski definition) is 7. The number of carbonyl (C=O) groups excluding carboxylic acids is 1. The van der Waals surface area contributed by atoms with Gasteiger partial charge < -0.3 is 9.47 Å². The fourth-order valence-electron chi connectivity index (χ4n) is 2.63. The second kappa shape index (κ2) is 7.94. The minimum absolute atomic E-state index is 0.0316. The minimum atomic E-state index is -0.698. The molecule has 0 spiro atoms. The molecule has 0 fully saturated rings. The molecule has 0 atom stereocenters. The normalized spacial score (nSPS) is 10.3. The van der Waals surface area contributed by atoms with Crippen LogP contribution in [0.25, 0.3) is 5.00 Å². The Balaban J connectivity index is 2.16. The zero-order valence-corrected chi connectivity index (χ0v) is 15.9. The van der Waals surface area contributed by atoms with E-state index in [1.54, 1.807) is 29.6 Å². The third kappa shape index (κ3) is 3.45. The van der Waals surface area contributed by atoms with Crippen molar-refractivity contribution in [1.29, 1.82) is 5.26 Å². The van der Waals surface area contributed by atoms with Crippen molar-refractivity contribution in [2.45, 2.75) is 6.54 Å². The van der Waals surface area contributed by atoms with Crippen LogP contribution >= 0.6 is 11.3 Å². The highest BCUT2D eigenvalue weighted by Gasteiger charge is 2.19. The number of ether oxygens (including phenoxy) is 2. The lowest BCUT2D eigenvalue weighted by Gasteiger charge is -2.11. The molecule has 2 heterocycles. The number of benzene rings is 1. The van der Waals surface area contributed by atoms with Crippen molar-refractivity contribution < 1.29 is 14.3 Å². The number of nitriles is 1. The molecule has 2 aromatic heterocycles. The van der Waals surface area contributed by atoms with Gasteiger partial charge in [0.1, 0.15) is 22.4 Å². The van der Waals surface area contributed by atoms with Gasteiger partial charge in [0, 0.05) is 6.20 Å². The average Bonchev–Trinajstić information content (AvgIpc) is 3.20. The summed E-state index contributed by atoms with van der Waals surface area (Å²) in [6.45, 7) is -0.0316. The van der Waals surface area contributed by atoms with Gasteiger partial charge >= 0.3 is 11.7 Å². The third-order valence-electron chi connectivity index (χ3n) is 4.06.